The van der Waals surface area contributed by atoms with Gasteiger partial charge in [-0.3, -0.25) is 4.79 Å². The summed E-state index contributed by atoms with van der Waals surface area (Å²) in [6, 6.07) is 16.5. The van der Waals surface area contributed by atoms with Crippen molar-refractivity contribution in [2.45, 2.75) is 20.5 Å². The van der Waals surface area contributed by atoms with Crippen LogP contribution in [-0.4, -0.2) is 16.6 Å². The minimum atomic E-state index is -0.262. The van der Waals surface area contributed by atoms with E-state index in [1.807, 2.05) is 62.5 Å². The Balaban J connectivity index is 1.57. The summed E-state index contributed by atoms with van der Waals surface area (Å²) < 4.78 is 5.76. The maximum absolute atomic E-state index is 12.2. The zero-order valence-electron chi connectivity index (χ0n) is 15.1. The van der Waals surface area contributed by atoms with Gasteiger partial charge in [0.05, 0.1) is 11.4 Å². The third kappa shape index (κ3) is 4.99. The number of carbonyl (C=O) groups excluding carboxylic acids is 1. The molecular weight excluding hydrogens is 362 g/mol. The number of H-pyrrole nitrogens is 1. The molecule has 0 atom stereocenters. The predicted molar refractivity (Wildman–Crippen MR) is 107 cm³/mol. The molecule has 2 aromatic carbocycles. The molecule has 138 valence electrons. The van der Waals surface area contributed by atoms with Crippen molar-refractivity contribution in [3.05, 3.63) is 88.2 Å². The number of nitrogens with one attached hydrogen (secondary N) is 2. The summed E-state index contributed by atoms with van der Waals surface area (Å²) in [7, 11) is 0. The van der Waals surface area contributed by atoms with E-state index in [2.05, 4.69) is 15.5 Å². The van der Waals surface area contributed by atoms with Gasteiger partial charge in [0.2, 0.25) is 0 Å². The SMILES string of the molecule is C/C(=N\NC(=O)c1ccc(COc2ccc(Cl)c(C)c2)cc1)c1ccc[nH]1. The van der Waals surface area contributed by atoms with Crippen LogP contribution in [-0.2, 0) is 6.61 Å². The van der Waals surface area contributed by atoms with Gasteiger partial charge in [-0.25, -0.2) is 5.43 Å². The minimum Gasteiger partial charge on any atom is -0.489 e. The molecule has 0 aliphatic carbocycles. The van der Waals surface area contributed by atoms with Crippen molar-refractivity contribution >= 4 is 23.2 Å². The van der Waals surface area contributed by atoms with Crippen molar-refractivity contribution < 1.29 is 9.53 Å². The largest absolute Gasteiger partial charge is 0.489 e. The van der Waals surface area contributed by atoms with Gasteiger partial charge < -0.3 is 9.72 Å². The van der Waals surface area contributed by atoms with Crippen LogP contribution >= 0.6 is 11.6 Å². The number of hydrogen-bond acceptors (Lipinski definition) is 3. The number of hydrazone groups is 1. The van der Waals surface area contributed by atoms with E-state index in [4.69, 9.17) is 16.3 Å². The number of hydrogen-bond donors (Lipinski definition) is 2. The standard InChI is InChI=1S/C21H20ClN3O2/c1-14-12-18(9-10-19(14)22)27-13-16-5-7-17(8-6-16)21(26)25-24-15(2)20-4-3-11-23-20/h3-12,23H,13H2,1-2H3,(H,25,26)/b24-15+. The summed E-state index contributed by atoms with van der Waals surface area (Å²) in [4.78, 5) is 15.2. The second kappa shape index (κ2) is 8.56. The zero-order chi connectivity index (χ0) is 19.2. The van der Waals surface area contributed by atoms with Crippen LogP contribution in [0.25, 0.3) is 0 Å². The number of rotatable bonds is 6. The highest BCUT2D eigenvalue weighted by atomic mass is 35.5. The van der Waals surface area contributed by atoms with Gasteiger partial charge in [0.15, 0.2) is 0 Å². The molecule has 0 aliphatic rings. The highest BCUT2D eigenvalue weighted by Gasteiger charge is 2.06. The van der Waals surface area contributed by atoms with E-state index in [-0.39, 0.29) is 5.91 Å². The third-order valence-corrected chi connectivity index (χ3v) is 4.49. The Morgan fingerprint density at radius 1 is 1.19 bits per heavy atom. The summed E-state index contributed by atoms with van der Waals surface area (Å²) in [5.41, 5.74) is 6.59. The number of halogens is 1. The molecular formula is C21H20ClN3O2. The Bertz CT molecular complexity index is 948. The number of carbonyl (C=O) groups is 1. The van der Waals surface area contributed by atoms with Crippen molar-refractivity contribution in [2.75, 3.05) is 0 Å². The smallest absolute Gasteiger partial charge is 0.271 e. The number of ether oxygens (including phenoxy) is 1. The van der Waals surface area contributed by atoms with Crippen LogP contribution in [0.4, 0.5) is 0 Å². The Morgan fingerprint density at radius 3 is 2.63 bits per heavy atom. The lowest BCUT2D eigenvalue weighted by Crippen LogP contribution is -2.19. The summed E-state index contributed by atoms with van der Waals surface area (Å²) >= 11 is 6.01. The molecule has 1 heterocycles. The van der Waals surface area contributed by atoms with Gasteiger partial charge in [-0.1, -0.05) is 23.7 Å². The van der Waals surface area contributed by atoms with Gasteiger partial charge >= 0.3 is 0 Å². The Hall–Kier alpha value is -3.05. The van der Waals surface area contributed by atoms with Crippen molar-refractivity contribution in [2.24, 2.45) is 5.10 Å². The molecule has 1 amide bonds. The second-order valence-electron chi connectivity index (χ2n) is 6.12. The Labute approximate surface area is 163 Å². The molecule has 0 unspecified atom stereocenters. The number of nitrogens with zero attached hydrogens (tertiary/aromatic N) is 1. The summed E-state index contributed by atoms with van der Waals surface area (Å²) in [5.74, 6) is 0.495. The van der Waals surface area contributed by atoms with E-state index in [9.17, 15) is 4.79 Å². The molecule has 6 heteroatoms. The average Bonchev–Trinajstić information content (AvgIpc) is 3.22. The van der Waals surface area contributed by atoms with E-state index >= 15 is 0 Å². The Morgan fingerprint density at radius 2 is 1.96 bits per heavy atom. The molecule has 0 spiro atoms. The number of aromatic amines is 1. The van der Waals surface area contributed by atoms with Crippen LogP contribution in [0.2, 0.25) is 5.02 Å². The van der Waals surface area contributed by atoms with Crippen LogP contribution < -0.4 is 10.2 Å². The van der Waals surface area contributed by atoms with Crippen LogP contribution in [0.5, 0.6) is 5.75 Å². The van der Waals surface area contributed by atoms with Gasteiger partial charge in [0, 0.05) is 16.8 Å². The van der Waals surface area contributed by atoms with E-state index in [1.54, 1.807) is 12.1 Å². The van der Waals surface area contributed by atoms with E-state index in [0.29, 0.717) is 22.9 Å². The van der Waals surface area contributed by atoms with Gasteiger partial charge in [0.25, 0.3) is 5.91 Å². The van der Waals surface area contributed by atoms with Gasteiger partial charge in [-0.05, 0) is 67.4 Å². The molecule has 1 aromatic heterocycles. The lowest BCUT2D eigenvalue weighted by molar-refractivity contribution is 0.0955. The first kappa shape index (κ1) is 18.7. The van der Waals surface area contributed by atoms with Gasteiger partial charge in [-0.2, -0.15) is 5.10 Å². The van der Waals surface area contributed by atoms with E-state index < -0.39 is 0 Å². The molecule has 0 saturated carbocycles. The fraction of sp³-hybridized carbons (Fsp3) is 0.143. The Kier molecular flexibility index (Phi) is 5.94. The average molecular weight is 382 g/mol. The van der Waals surface area contributed by atoms with Crippen LogP contribution in [0.3, 0.4) is 0 Å². The van der Waals surface area contributed by atoms with Crippen molar-refractivity contribution in [3.8, 4) is 5.75 Å². The lowest BCUT2D eigenvalue weighted by atomic mass is 10.1. The summed E-state index contributed by atoms with van der Waals surface area (Å²) in [6.07, 6.45) is 1.81. The summed E-state index contributed by atoms with van der Waals surface area (Å²) in [6.45, 7) is 4.17. The molecule has 0 saturated heterocycles. The molecule has 3 rings (SSSR count). The molecule has 0 aliphatic heterocycles. The van der Waals surface area contributed by atoms with E-state index in [1.165, 1.54) is 0 Å². The van der Waals surface area contributed by atoms with Crippen LogP contribution in [0.1, 0.15) is 34.1 Å². The highest BCUT2D eigenvalue weighted by molar-refractivity contribution is 6.31. The molecule has 3 aromatic rings. The maximum Gasteiger partial charge on any atom is 0.271 e. The zero-order valence-corrected chi connectivity index (χ0v) is 15.9. The summed E-state index contributed by atoms with van der Waals surface area (Å²) in [5, 5.41) is 4.82. The fourth-order valence-corrected chi connectivity index (χ4v) is 2.56. The van der Waals surface area contributed by atoms with E-state index in [0.717, 1.165) is 22.6 Å². The number of amides is 1. The number of benzene rings is 2. The number of aromatic nitrogens is 1. The fourth-order valence-electron chi connectivity index (χ4n) is 2.44. The minimum absolute atomic E-state index is 0.262. The molecule has 27 heavy (non-hydrogen) atoms. The highest BCUT2D eigenvalue weighted by Crippen LogP contribution is 2.21. The molecule has 5 nitrogen and oxygen atoms in total. The van der Waals surface area contributed by atoms with Crippen molar-refractivity contribution in [3.63, 3.8) is 0 Å². The first-order chi connectivity index (χ1) is 13.0. The van der Waals surface area contributed by atoms with Crippen LogP contribution in [0.15, 0.2) is 65.9 Å². The first-order valence-corrected chi connectivity index (χ1v) is 8.87. The maximum atomic E-state index is 12.2. The predicted octanol–water partition coefficient (Wildman–Crippen LogP) is 4.71. The quantitative estimate of drug-likeness (QED) is 0.479. The second-order valence-corrected chi connectivity index (χ2v) is 6.53. The molecule has 2 N–H and O–H groups in total. The molecule has 0 bridgehead atoms. The first-order valence-electron chi connectivity index (χ1n) is 8.49. The van der Waals surface area contributed by atoms with Crippen LogP contribution in [0, 0.1) is 6.92 Å². The van der Waals surface area contributed by atoms with Crippen molar-refractivity contribution in [1.82, 2.24) is 10.4 Å². The molecule has 0 radical (unpaired) electrons. The normalized spacial score (nSPS) is 11.3. The molecule has 0 fully saturated rings. The van der Waals surface area contributed by atoms with Gasteiger partial charge in [-0.15, -0.1) is 0 Å². The lowest BCUT2D eigenvalue weighted by Gasteiger charge is -2.08. The topological polar surface area (TPSA) is 66.5 Å². The van der Waals surface area contributed by atoms with Crippen molar-refractivity contribution in [1.29, 1.82) is 0 Å². The monoisotopic (exact) mass is 381 g/mol. The van der Waals surface area contributed by atoms with Gasteiger partial charge in [0.1, 0.15) is 12.4 Å². The number of aryl methyl sites for hydroxylation is 1. The third-order valence-electron chi connectivity index (χ3n) is 4.06.